The van der Waals surface area contributed by atoms with E-state index < -0.39 is 11.9 Å². The number of phenols is 1. The van der Waals surface area contributed by atoms with Gasteiger partial charge in [0.1, 0.15) is 22.5 Å². The number of phenolic OH excluding ortho intramolecular Hbond substituents is 1. The summed E-state index contributed by atoms with van der Waals surface area (Å²) in [5, 5.41) is 31.0. The van der Waals surface area contributed by atoms with Gasteiger partial charge in [0, 0.05) is 10.6 Å². The van der Waals surface area contributed by atoms with Crippen molar-refractivity contribution in [2.24, 2.45) is 5.92 Å². The molecular formula is C27H36ClN3O3. The van der Waals surface area contributed by atoms with Crippen LogP contribution in [0, 0.1) is 5.92 Å². The van der Waals surface area contributed by atoms with E-state index in [1.807, 2.05) is 39.8 Å². The molecule has 2 unspecified atom stereocenters. The maximum absolute atomic E-state index is 12.2. The van der Waals surface area contributed by atoms with Crippen molar-refractivity contribution < 1.29 is 15.0 Å². The molecule has 3 rings (SSSR count). The molecule has 2 atom stereocenters. The Morgan fingerprint density at radius 2 is 1.76 bits per heavy atom. The lowest BCUT2D eigenvalue weighted by atomic mass is 9.77. The van der Waals surface area contributed by atoms with Crippen LogP contribution in [0.3, 0.4) is 0 Å². The Morgan fingerprint density at radius 3 is 2.38 bits per heavy atom. The molecule has 0 radical (unpaired) electrons. The number of carboxylic acid groups (broad SMARTS) is 1. The first kappa shape index (κ1) is 26.0. The van der Waals surface area contributed by atoms with E-state index in [1.54, 1.807) is 18.2 Å². The molecule has 0 spiro atoms. The van der Waals surface area contributed by atoms with Crippen molar-refractivity contribution in [3.8, 4) is 11.4 Å². The summed E-state index contributed by atoms with van der Waals surface area (Å²) in [6, 6.07) is 9.13. The minimum Gasteiger partial charge on any atom is -0.505 e. The zero-order valence-electron chi connectivity index (χ0n) is 20.8. The van der Waals surface area contributed by atoms with Gasteiger partial charge < -0.3 is 10.2 Å². The van der Waals surface area contributed by atoms with Crippen LogP contribution < -0.4 is 0 Å². The van der Waals surface area contributed by atoms with Crippen LogP contribution in [0.25, 0.3) is 16.7 Å². The van der Waals surface area contributed by atoms with E-state index in [2.05, 4.69) is 17.1 Å². The van der Waals surface area contributed by atoms with E-state index in [0.717, 1.165) is 43.2 Å². The highest BCUT2D eigenvalue weighted by Gasteiger charge is 2.31. The summed E-state index contributed by atoms with van der Waals surface area (Å²) < 4.78 is 0. The van der Waals surface area contributed by atoms with Crippen molar-refractivity contribution in [3.05, 3.63) is 46.5 Å². The third-order valence-electron chi connectivity index (χ3n) is 6.52. The van der Waals surface area contributed by atoms with Crippen molar-refractivity contribution in [1.82, 2.24) is 15.0 Å². The van der Waals surface area contributed by atoms with Crippen LogP contribution in [0.5, 0.6) is 5.75 Å². The number of aromatic nitrogens is 3. The zero-order valence-corrected chi connectivity index (χ0v) is 21.6. The third-order valence-corrected chi connectivity index (χ3v) is 6.75. The van der Waals surface area contributed by atoms with Gasteiger partial charge in [-0.3, -0.25) is 4.79 Å². The fourth-order valence-corrected chi connectivity index (χ4v) is 4.76. The molecule has 6 nitrogen and oxygen atoms in total. The molecular weight excluding hydrogens is 450 g/mol. The van der Waals surface area contributed by atoms with Crippen LogP contribution >= 0.6 is 11.6 Å². The summed E-state index contributed by atoms with van der Waals surface area (Å²) >= 11 is 6.13. The van der Waals surface area contributed by atoms with Crippen LogP contribution in [0.15, 0.2) is 30.3 Å². The van der Waals surface area contributed by atoms with E-state index in [9.17, 15) is 15.0 Å². The predicted octanol–water partition coefficient (Wildman–Crippen LogP) is 7.24. The Morgan fingerprint density at radius 1 is 1.06 bits per heavy atom. The van der Waals surface area contributed by atoms with Gasteiger partial charge in [0.2, 0.25) is 0 Å². The van der Waals surface area contributed by atoms with E-state index in [0.29, 0.717) is 28.2 Å². The number of halogens is 1. The highest BCUT2D eigenvalue weighted by atomic mass is 35.5. The molecule has 3 aromatic rings. The molecule has 0 aliphatic carbocycles. The van der Waals surface area contributed by atoms with Crippen LogP contribution in [-0.2, 0) is 10.2 Å². The second kappa shape index (κ2) is 10.8. The van der Waals surface area contributed by atoms with Gasteiger partial charge in [-0.15, -0.1) is 15.0 Å². The number of benzene rings is 2. The Hall–Kier alpha value is -2.60. The van der Waals surface area contributed by atoms with Crippen molar-refractivity contribution in [2.45, 2.75) is 84.5 Å². The number of aliphatic carboxylic acids is 1. The predicted molar refractivity (Wildman–Crippen MR) is 137 cm³/mol. The first-order valence-corrected chi connectivity index (χ1v) is 12.6. The maximum Gasteiger partial charge on any atom is 0.307 e. The normalized spacial score (nSPS) is 13.8. The quantitative estimate of drug-likeness (QED) is 0.295. The van der Waals surface area contributed by atoms with Crippen molar-refractivity contribution in [2.75, 3.05) is 0 Å². The van der Waals surface area contributed by atoms with Gasteiger partial charge in [-0.05, 0) is 54.0 Å². The molecule has 184 valence electrons. The average molecular weight is 486 g/mol. The Bertz CT molecular complexity index is 1150. The number of aromatic hydroxyl groups is 1. The number of nitrogens with zero attached hydrogens (tertiary/aromatic N) is 3. The van der Waals surface area contributed by atoms with Crippen LogP contribution in [0.4, 0.5) is 0 Å². The number of unbranched alkanes of at least 4 members (excludes halogenated alkanes) is 3. The summed E-state index contributed by atoms with van der Waals surface area (Å²) in [6.07, 6.45) is 5.62. The van der Waals surface area contributed by atoms with Gasteiger partial charge >= 0.3 is 5.97 Å². The van der Waals surface area contributed by atoms with Crippen LogP contribution in [0.1, 0.15) is 90.2 Å². The fraction of sp³-hybridized carbons (Fsp3) is 0.519. The van der Waals surface area contributed by atoms with Gasteiger partial charge in [0.05, 0.1) is 5.92 Å². The standard InChI is InChI=1S/C27H36ClN3O3/c1-6-8-9-10-11-20(19(7-2)26(33)34)17-14-21(27(3,4)5)25(32)24(15-17)31-29-22-13-12-18(28)16-23(22)30-31/h12-16,19-20,32H,6-11H2,1-5H3,(H,33,34). The number of hydrogen-bond acceptors (Lipinski definition) is 4. The second-order valence-corrected chi connectivity index (χ2v) is 10.6. The lowest BCUT2D eigenvalue weighted by Crippen LogP contribution is -2.23. The molecule has 0 amide bonds. The Labute approximate surface area is 206 Å². The molecule has 2 N–H and O–H groups in total. The molecule has 0 fully saturated rings. The van der Waals surface area contributed by atoms with Gasteiger partial charge in [-0.1, -0.05) is 78.0 Å². The number of fused-ring (bicyclic) bond motifs is 1. The van der Waals surface area contributed by atoms with Gasteiger partial charge in [-0.25, -0.2) is 0 Å². The van der Waals surface area contributed by atoms with Crippen molar-refractivity contribution >= 4 is 28.6 Å². The summed E-state index contributed by atoms with van der Waals surface area (Å²) in [5.74, 6) is -1.35. The Balaban J connectivity index is 2.18. The van der Waals surface area contributed by atoms with Crippen LogP contribution in [-0.4, -0.2) is 31.2 Å². The minimum absolute atomic E-state index is 0.107. The molecule has 2 aromatic carbocycles. The Kier molecular flexibility index (Phi) is 8.24. The summed E-state index contributed by atoms with van der Waals surface area (Å²) in [4.78, 5) is 13.6. The highest BCUT2D eigenvalue weighted by Crippen LogP contribution is 2.41. The van der Waals surface area contributed by atoms with E-state index >= 15 is 0 Å². The van der Waals surface area contributed by atoms with E-state index in [4.69, 9.17) is 11.6 Å². The number of rotatable bonds is 10. The van der Waals surface area contributed by atoms with Gasteiger partial charge in [0.15, 0.2) is 0 Å². The summed E-state index contributed by atoms with van der Waals surface area (Å²) in [7, 11) is 0. The molecule has 34 heavy (non-hydrogen) atoms. The topological polar surface area (TPSA) is 88.2 Å². The smallest absolute Gasteiger partial charge is 0.307 e. The maximum atomic E-state index is 12.2. The lowest BCUT2D eigenvalue weighted by molar-refractivity contribution is -0.142. The molecule has 0 aliphatic heterocycles. The van der Waals surface area contributed by atoms with Crippen molar-refractivity contribution in [3.63, 3.8) is 0 Å². The largest absolute Gasteiger partial charge is 0.505 e. The highest BCUT2D eigenvalue weighted by molar-refractivity contribution is 6.31. The molecule has 1 aromatic heterocycles. The van der Waals surface area contributed by atoms with Gasteiger partial charge in [0.25, 0.3) is 0 Å². The number of carboxylic acids is 1. The molecule has 1 heterocycles. The number of carbonyl (C=O) groups is 1. The lowest BCUT2D eigenvalue weighted by Gasteiger charge is -2.28. The molecule has 0 saturated carbocycles. The average Bonchev–Trinajstić information content (AvgIpc) is 3.18. The second-order valence-electron chi connectivity index (χ2n) is 10.1. The molecule has 0 saturated heterocycles. The third kappa shape index (κ3) is 5.72. The molecule has 0 bridgehead atoms. The minimum atomic E-state index is -0.785. The fourth-order valence-electron chi connectivity index (χ4n) is 4.60. The summed E-state index contributed by atoms with van der Waals surface area (Å²) in [5.41, 5.74) is 3.04. The molecule has 7 heteroatoms. The summed E-state index contributed by atoms with van der Waals surface area (Å²) in [6.45, 7) is 10.2. The zero-order chi connectivity index (χ0) is 25.0. The SMILES string of the molecule is CCCCCCC(c1cc(-n2nc3ccc(Cl)cc3n2)c(O)c(C(C)(C)C)c1)C(CC)C(=O)O. The first-order chi connectivity index (χ1) is 16.1. The molecule has 0 aliphatic rings. The van der Waals surface area contributed by atoms with Crippen LogP contribution in [0.2, 0.25) is 5.02 Å². The first-order valence-electron chi connectivity index (χ1n) is 12.2. The van der Waals surface area contributed by atoms with Gasteiger partial charge in [-0.2, -0.15) is 0 Å². The monoisotopic (exact) mass is 485 g/mol. The van der Waals surface area contributed by atoms with E-state index in [1.165, 1.54) is 4.80 Å². The number of hydrogen-bond donors (Lipinski definition) is 2. The van der Waals surface area contributed by atoms with E-state index in [-0.39, 0.29) is 17.1 Å². The van der Waals surface area contributed by atoms with Crippen molar-refractivity contribution in [1.29, 1.82) is 0 Å².